The summed E-state index contributed by atoms with van der Waals surface area (Å²) in [7, 11) is -8.63. The lowest BCUT2D eigenvalue weighted by molar-refractivity contribution is 0.595. The first kappa shape index (κ1) is 41.1. The van der Waals surface area contributed by atoms with E-state index >= 15 is 16.8 Å². The van der Waals surface area contributed by atoms with Gasteiger partial charge in [0.1, 0.15) is 0 Å². The fourth-order valence-electron chi connectivity index (χ4n) is 10.3. The molecule has 0 saturated carbocycles. The van der Waals surface area contributed by atoms with Gasteiger partial charge < -0.3 is 0 Å². The van der Waals surface area contributed by atoms with Crippen LogP contribution >= 0.6 is 11.3 Å². The molecular formula is C60H38N2O4S3. The Morgan fingerprint density at radius 2 is 0.681 bits per heavy atom. The van der Waals surface area contributed by atoms with Crippen LogP contribution in [-0.2, 0) is 20.0 Å². The molecular weight excluding hydrogens is 909 g/mol. The fourth-order valence-corrected chi connectivity index (χ4v) is 14.9. The Morgan fingerprint density at radius 3 is 1.16 bits per heavy atom. The molecule has 69 heavy (non-hydrogen) atoms. The third-order valence-electron chi connectivity index (χ3n) is 13.4. The molecule has 0 unspecified atom stereocenters. The molecule has 13 aromatic rings. The molecule has 0 atom stereocenters. The van der Waals surface area contributed by atoms with Crippen molar-refractivity contribution < 1.29 is 16.8 Å². The number of hydrogen-bond acceptors (Lipinski definition) is 5. The minimum absolute atomic E-state index is 0.134. The number of thiophene rings is 1. The lowest BCUT2D eigenvalue weighted by Gasteiger charge is -2.28. The Hall–Kier alpha value is -8.08. The van der Waals surface area contributed by atoms with E-state index in [-0.39, 0.29) is 9.79 Å². The molecule has 6 nitrogen and oxygen atoms in total. The summed E-state index contributed by atoms with van der Waals surface area (Å²) in [6.07, 6.45) is 0. The number of benzene rings is 12. The van der Waals surface area contributed by atoms with Gasteiger partial charge in [-0.05, 0) is 74.8 Å². The zero-order valence-corrected chi connectivity index (χ0v) is 39.1. The predicted octanol–water partition coefficient (Wildman–Crippen LogP) is 16.0. The van der Waals surface area contributed by atoms with Gasteiger partial charge >= 0.3 is 0 Å². The molecule has 12 aromatic carbocycles. The zero-order chi connectivity index (χ0) is 46.4. The summed E-state index contributed by atoms with van der Waals surface area (Å²) in [5.41, 5.74) is 2.19. The smallest absolute Gasteiger partial charge is 0.233 e. The topological polar surface area (TPSA) is 74.8 Å². The lowest BCUT2D eigenvalue weighted by Crippen LogP contribution is -2.27. The van der Waals surface area contributed by atoms with Crippen molar-refractivity contribution in [2.45, 2.75) is 9.79 Å². The molecule has 0 aliphatic carbocycles. The minimum Gasteiger partial charge on any atom is -0.233 e. The molecule has 13 rings (SSSR count). The maximum absolute atomic E-state index is 16.0. The average molecular weight is 947 g/mol. The molecule has 0 fully saturated rings. The van der Waals surface area contributed by atoms with Crippen LogP contribution in [0.25, 0.3) is 84.8 Å². The number of rotatable bonds is 8. The van der Waals surface area contributed by atoms with Crippen molar-refractivity contribution in [1.82, 2.24) is 0 Å². The highest BCUT2D eigenvalue weighted by Crippen LogP contribution is 2.48. The summed E-state index contributed by atoms with van der Waals surface area (Å²) in [5.74, 6) is 0. The van der Waals surface area contributed by atoms with Gasteiger partial charge in [0.25, 0.3) is 20.0 Å². The SMILES string of the molecule is O=S(=O)(c1ccc2ccc3c(sc4cc(S(=O)(=O)N(c5cccc6ccccc56)c5cccc6ccccc56)c5ccccc5c43)c2c1)N(c1cccc2ccccc12)c1cccc2ccccc12. The van der Waals surface area contributed by atoms with Crippen LogP contribution in [0.1, 0.15) is 0 Å². The Labute approximate surface area is 402 Å². The van der Waals surface area contributed by atoms with Crippen LogP contribution in [0.4, 0.5) is 22.7 Å². The van der Waals surface area contributed by atoms with E-state index in [0.29, 0.717) is 28.1 Å². The highest BCUT2D eigenvalue weighted by Gasteiger charge is 2.33. The normalized spacial score (nSPS) is 12.3. The van der Waals surface area contributed by atoms with Gasteiger partial charge in [-0.25, -0.2) is 25.4 Å². The summed E-state index contributed by atoms with van der Waals surface area (Å²) < 4.78 is 67.8. The van der Waals surface area contributed by atoms with E-state index in [9.17, 15) is 0 Å². The van der Waals surface area contributed by atoms with Crippen LogP contribution < -0.4 is 8.61 Å². The second-order valence-corrected chi connectivity index (χ2v) is 21.8. The molecule has 9 heteroatoms. The lowest BCUT2D eigenvalue weighted by atomic mass is 10.0. The standard InChI is InChI=1S/C60H38N2O4S3/c63-68(64,61(53-29-11-19-39-15-1-5-23-45(39)53)54-30-12-20-40-16-2-6-24-46(40)54)44-35-33-43-34-36-51-59-50-28-10-9-27-49(50)58(38-57(59)67-60(51)52(43)37-44)69(65,66)62(55-31-13-21-41-17-3-7-25-47(41)55)56-32-14-22-42-18-4-8-26-48(42)56/h1-38H. The highest BCUT2D eigenvalue weighted by molar-refractivity contribution is 7.93. The maximum Gasteiger partial charge on any atom is 0.269 e. The first-order valence-electron chi connectivity index (χ1n) is 22.6. The monoisotopic (exact) mass is 946 g/mol. The largest absolute Gasteiger partial charge is 0.269 e. The van der Waals surface area contributed by atoms with Crippen LogP contribution in [0.5, 0.6) is 0 Å². The highest BCUT2D eigenvalue weighted by atomic mass is 32.2. The summed E-state index contributed by atoms with van der Waals surface area (Å²) in [6.45, 7) is 0. The molecule has 0 saturated heterocycles. The van der Waals surface area contributed by atoms with Crippen molar-refractivity contribution in [1.29, 1.82) is 0 Å². The van der Waals surface area contributed by atoms with Crippen molar-refractivity contribution in [2.24, 2.45) is 0 Å². The molecule has 0 N–H and O–H groups in total. The zero-order valence-electron chi connectivity index (χ0n) is 36.7. The number of hydrogen-bond donors (Lipinski definition) is 0. The van der Waals surface area contributed by atoms with Gasteiger partial charge in [0.05, 0.1) is 32.5 Å². The van der Waals surface area contributed by atoms with E-state index < -0.39 is 20.0 Å². The quantitative estimate of drug-likeness (QED) is 0.152. The van der Waals surface area contributed by atoms with Crippen LogP contribution in [0.2, 0.25) is 0 Å². The predicted molar refractivity (Wildman–Crippen MR) is 289 cm³/mol. The molecule has 0 radical (unpaired) electrons. The van der Waals surface area contributed by atoms with Gasteiger partial charge in [0, 0.05) is 52.5 Å². The van der Waals surface area contributed by atoms with E-state index in [4.69, 9.17) is 0 Å². The molecule has 1 aromatic heterocycles. The first-order valence-corrected chi connectivity index (χ1v) is 26.3. The number of anilines is 4. The van der Waals surface area contributed by atoms with E-state index in [1.165, 1.54) is 19.9 Å². The fraction of sp³-hybridized carbons (Fsp3) is 0. The maximum atomic E-state index is 16.0. The van der Waals surface area contributed by atoms with E-state index in [0.717, 1.165) is 79.4 Å². The molecule has 0 bridgehead atoms. The summed E-state index contributed by atoms with van der Waals surface area (Å²) in [4.78, 5) is 0.307. The van der Waals surface area contributed by atoms with Crippen LogP contribution in [0.3, 0.4) is 0 Å². The van der Waals surface area contributed by atoms with E-state index in [1.807, 2.05) is 212 Å². The Balaban J connectivity index is 1.04. The molecule has 0 aliphatic heterocycles. The number of nitrogens with zero attached hydrogens (tertiary/aromatic N) is 2. The second-order valence-electron chi connectivity index (χ2n) is 17.3. The third-order valence-corrected chi connectivity index (χ3v) is 18.1. The van der Waals surface area contributed by atoms with Crippen molar-refractivity contribution in [3.8, 4) is 0 Å². The van der Waals surface area contributed by atoms with Gasteiger partial charge in [-0.15, -0.1) is 11.3 Å². The van der Waals surface area contributed by atoms with Crippen molar-refractivity contribution in [3.63, 3.8) is 0 Å². The van der Waals surface area contributed by atoms with Crippen LogP contribution in [0.15, 0.2) is 240 Å². The van der Waals surface area contributed by atoms with Crippen LogP contribution in [-0.4, -0.2) is 16.8 Å². The summed E-state index contributed by atoms with van der Waals surface area (Å²) in [5, 5.41) is 11.7. The molecule has 330 valence electrons. The van der Waals surface area contributed by atoms with E-state index in [1.54, 1.807) is 12.1 Å². The van der Waals surface area contributed by atoms with Gasteiger partial charge in [0.15, 0.2) is 0 Å². The van der Waals surface area contributed by atoms with Crippen molar-refractivity contribution >= 4 is 139 Å². The molecule has 1 heterocycles. The first-order chi connectivity index (χ1) is 33.8. The Kier molecular flexibility index (Phi) is 9.39. The molecule has 0 spiro atoms. The van der Waals surface area contributed by atoms with Crippen LogP contribution in [0, 0.1) is 0 Å². The Bertz CT molecular complexity index is 4330. The summed E-state index contributed by atoms with van der Waals surface area (Å²) >= 11 is 1.48. The van der Waals surface area contributed by atoms with Crippen molar-refractivity contribution in [2.75, 3.05) is 8.61 Å². The molecule has 0 aliphatic rings. The Morgan fingerprint density at radius 1 is 0.304 bits per heavy atom. The van der Waals surface area contributed by atoms with Gasteiger partial charge in [-0.1, -0.05) is 188 Å². The van der Waals surface area contributed by atoms with Gasteiger partial charge in [-0.3, -0.25) is 0 Å². The number of sulfonamides is 2. The third kappa shape index (κ3) is 6.42. The second kappa shape index (κ2) is 15.8. The summed E-state index contributed by atoms with van der Waals surface area (Å²) in [6, 6.07) is 73.4. The van der Waals surface area contributed by atoms with E-state index in [2.05, 4.69) is 6.07 Å². The van der Waals surface area contributed by atoms with Gasteiger partial charge in [-0.2, -0.15) is 0 Å². The minimum atomic E-state index is -4.35. The average Bonchev–Trinajstić information content (AvgIpc) is 3.78. The number of fused-ring (bicyclic) bond motifs is 11. The van der Waals surface area contributed by atoms with Crippen molar-refractivity contribution in [3.05, 3.63) is 231 Å². The van der Waals surface area contributed by atoms with Gasteiger partial charge in [0.2, 0.25) is 0 Å². The molecule has 0 amide bonds.